The van der Waals surface area contributed by atoms with Crippen LogP contribution in [0, 0.1) is 29.1 Å². The zero-order valence-electron chi connectivity index (χ0n) is 20.0. The van der Waals surface area contributed by atoms with Crippen molar-refractivity contribution in [1.82, 2.24) is 10.2 Å². The number of carbonyl (C=O) groups is 2. The normalized spacial score (nSPS) is 15.0. The minimum Gasteiger partial charge on any atom is -0.496 e. The summed E-state index contributed by atoms with van der Waals surface area (Å²) < 4.78 is 74.9. The molecule has 0 spiro atoms. The van der Waals surface area contributed by atoms with Crippen molar-refractivity contribution in [3.63, 3.8) is 0 Å². The molecule has 0 bridgehead atoms. The molecule has 3 aromatic carbocycles. The molecule has 3 aromatic rings. The van der Waals surface area contributed by atoms with Crippen molar-refractivity contribution in [3.8, 4) is 5.75 Å². The lowest BCUT2D eigenvalue weighted by molar-refractivity contribution is 0.0950. The SMILES string of the molecule is COc1ccc(F)c(F)c1CN1C(=O)N(C)[C@@H](C)c2ccc(C(=O)NCc3c(F)cc(F)cc3F)cc21. The van der Waals surface area contributed by atoms with Gasteiger partial charge in [-0.15, -0.1) is 0 Å². The van der Waals surface area contributed by atoms with E-state index in [0.29, 0.717) is 17.7 Å². The van der Waals surface area contributed by atoms with Crippen molar-refractivity contribution in [2.75, 3.05) is 19.1 Å². The lowest BCUT2D eigenvalue weighted by atomic mass is 9.98. The molecule has 11 heteroatoms. The largest absolute Gasteiger partial charge is 0.496 e. The fraction of sp³-hybridized carbons (Fsp3) is 0.231. The highest BCUT2D eigenvalue weighted by molar-refractivity contribution is 5.99. The average Bonchev–Trinajstić information content (AvgIpc) is 2.86. The summed E-state index contributed by atoms with van der Waals surface area (Å²) in [6.45, 7) is 0.811. The van der Waals surface area contributed by atoms with Gasteiger partial charge in [-0.05, 0) is 36.8 Å². The Labute approximate surface area is 209 Å². The highest BCUT2D eigenvalue weighted by atomic mass is 19.2. The molecule has 0 saturated carbocycles. The second-order valence-corrected chi connectivity index (χ2v) is 8.50. The van der Waals surface area contributed by atoms with Gasteiger partial charge in [0.05, 0.1) is 30.9 Å². The Balaban J connectivity index is 1.68. The zero-order chi connectivity index (χ0) is 27.0. The lowest BCUT2D eigenvalue weighted by Crippen LogP contribution is -2.46. The first-order chi connectivity index (χ1) is 17.5. The summed E-state index contributed by atoms with van der Waals surface area (Å²) in [6, 6.07) is 6.68. The first-order valence-electron chi connectivity index (χ1n) is 11.1. The summed E-state index contributed by atoms with van der Waals surface area (Å²) >= 11 is 0. The van der Waals surface area contributed by atoms with E-state index in [0.717, 1.165) is 6.07 Å². The Morgan fingerprint density at radius 1 is 0.973 bits per heavy atom. The number of rotatable bonds is 6. The van der Waals surface area contributed by atoms with Crippen LogP contribution in [0.15, 0.2) is 42.5 Å². The van der Waals surface area contributed by atoms with Gasteiger partial charge in [0.1, 0.15) is 23.2 Å². The van der Waals surface area contributed by atoms with E-state index in [1.165, 1.54) is 35.1 Å². The fourth-order valence-electron chi connectivity index (χ4n) is 4.18. The molecule has 1 atom stereocenters. The van der Waals surface area contributed by atoms with E-state index in [-0.39, 0.29) is 22.6 Å². The predicted octanol–water partition coefficient (Wildman–Crippen LogP) is 5.45. The smallest absolute Gasteiger partial charge is 0.325 e. The van der Waals surface area contributed by atoms with Gasteiger partial charge in [0.15, 0.2) is 11.6 Å². The van der Waals surface area contributed by atoms with Gasteiger partial charge in [-0.2, -0.15) is 0 Å². The summed E-state index contributed by atoms with van der Waals surface area (Å²) in [6.07, 6.45) is 0. The van der Waals surface area contributed by atoms with Crippen LogP contribution in [0.3, 0.4) is 0 Å². The molecular weight excluding hydrogens is 497 g/mol. The van der Waals surface area contributed by atoms with E-state index in [1.54, 1.807) is 20.0 Å². The van der Waals surface area contributed by atoms with E-state index in [2.05, 4.69) is 5.32 Å². The number of ether oxygens (including phenoxy) is 1. The van der Waals surface area contributed by atoms with Gasteiger partial charge in [-0.1, -0.05) is 6.07 Å². The maximum atomic E-state index is 14.7. The number of carbonyl (C=O) groups excluding carboxylic acids is 2. The molecule has 194 valence electrons. The Kier molecular flexibility index (Phi) is 7.06. The van der Waals surface area contributed by atoms with Crippen molar-refractivity contribution in [2.45, 2.75) is 26.1 Å². The highest BCUT2D eigenvalue weighted by Gasteiger charge is 2.35. The first-order valence-corrected chi connectivity index (χ1v) is 11.1. The molecule has 1 N–H and O–H groups in total. The molecule has 0 unspecified atom stereocenters. The lowest BCUT2D eigenvalue weighted by Gasteiger charge is -2.40. The molecule has 37 heavy (non-hydrogen) atoms. The quantitative estimate of drug-likeness (QED) is 0.441. The number of benzene rings is 3. The second kappa shape index (κ2) is 10.1. The third kappa shape index (κ3) is 4.81. The Bertz CT molecular complexity index is 1380. The van der Waals surface area contributed by atoms with Crippen LogP contribution in [-0.2, 0) is 13.1 Å². The van der Waals surface area contributed by atoms with Crippen LogP contribution in [0.2, 0.25) is 0 Å². The summed E-state index contributed by atoms with van der Waals surface area (Å²) in [4.78, 5) is 28.6. The van der Waals surface area contributed by atoms with Crippen LogP contribution in [0.5, 0.6) is 5.75 Å². The van der Waals surface area contributed by atoms with Gasteiger partial charge in [-0.25, -0.2) is 26.7 Å². The molecule has 1 aliphatic rings. The molecule has 4 rings (SSSR count). The minimum absolute atomic E-state index is 0.0340. The standard InChI is InChI=1S/C26H22F5N3O3/c1-13-16-5-4-14(25(35)32-11-17-20(29)9-15(27)10-21(17)30)8-22(16)34(26(36)33(13)2)12-18-23(37-3)7-6-19(28)24(18)31/h4-10,13H,11-12H2,1-3H3,(H,32,35)/t13-/m0/s1. The monoisotopic (exact) mass is 519 g/mol. The Morgan fingerprint density at radius 3 is 2.30 bits per heavy atom. The van der Waals surface area contributed by atoms with Crippen LogP contribution >= 0.6 is 0 Å². The van der Waals surface area contributed by atoms with Gasteiger partial charge < -0.3 is 15.0 Å². The minimum atomic E-state index is -1.17. The van der Waals surface area contributed by atoms with E-state index in [1.807, 2.05) is 0 Å². The molecule has 1 aliphatic heterocycles. The van der Waals surface area contributed by atoms with Gasteiger partial charge in [0.2, 0.25) is 0 Å². The molecule has 0 aliphatic carbocycles. The van der Waals surface area contributed by atoms with Gasteiger partial charge in [-0.3, -0.25) is 9.69 Å². The van der Waals surface area contributed by atoms with Crippen molar-refractivity contribution in [2.24, 2.45) is 0 Å². The topological polar surface area (TPSA) is 61.9 Å². The number of fused-ring (bicyclic) bond motifs is 1. The van der Waals surface area contributed by atoms with E-state index < -0.39 is 65.7 Å². The number of hydrogen-bond acceptors (Lipinski definition) is 3. The van der Waals surface area contributed by atoms with Crippen LogP contribution in [0.4, 0.5) is 32.4 Å². The molecule has 1 heterocycles. The van der Waals surface area contributed by atoms with E-state index >= 15 is 0 Å². The zero-order valence-corrected chi connectivity index (χ0v) is 20.0. The van der Waals surface area contributed by atoms with Crippen LogP contribution in [0.25, 0.3) is 0 Å². The number of nitrogens with zero attached hydrogens (tertiary/aromatic N) is 2. The van der Waals surface area contributed by atoms with Gasteiger partial charge in [0, 0.05) is 36.9 Å². The fourth-order valence-corrected chi connectivity index (χ4v) is 4.18. The summed E-state index contributed by atoms with van der Waals surface area (Å²) in [5.41, 5.74) is 0.233. The summed E-state index contributed by atoms with van der Waals surface area (Å²) in [7, 11) is 2.83. The molecule has 6 nitrogen and oxygen atoms in total. The maximum Gasteiger partial charge on any atom is 0.325 e. The third-order valence-corrected chi connectivity index (χ3v) is 6.37. The summed E-state index contributed by atoms with van der Waals surface area (Å²) in [5.74, 6) is -6.37. The number of hydrogen-bond donors (Lipinski definition) is 1. The molecule has 0 aromatic heterocycles. The summed E-state index contributed by atoms with van der Waals surface area (Å²) in [5, 5.41) is 2.37. The maximum absolute atomic E-state index is 14.7. The Morgan fingerprint density at radius 2 is 1.65 bits per heavy atom. The number of urea groups is 1. The highest BCUT2D eigenvalue weighted by Crippen LogP contribution is 2.38. The number of amides is 3. The first kappa shape index (κ1) is 25.9. The van der Waals surface area contributed by atoms with Crippen molar-refractivity contribution in [1.29, 1.82) is 0 Å². The third-order valence-electron chi connectivity index (χ3n) is 6.37. The predicted molar refractivity (Wildman–Crippen MR) is 125 cm³/mol. The van der Waals surface area contributed by atoms with Crippen LogP contribution < -0.4 is 15.0 Å². The van der Waals surface area contributed by atoms with E-state index in [9.17, 15) is 31.5 Å². The molecule has 3 amide bonds. The molecule has 0 saturated heterocycles. The van der Waals surface area contributed by atoms with Crippen LogP contribution in [-0.4, -0.2) is 31.0 Å². The van der Waals surface area contributed by atoms with Crippen LogP contribution in [0.1, 0.15) is 40.0 Å². The van der Waals surface area contributed by atoms with Gasteiger partial charge >= 0.3 is 6.03 Å². The van der Waals surface area contributed by atoms with Crippen molar-refractivity contribution < 1.29 is 36.3 Å². The molecule has 0 fully saturated rings. The number of nitrogens with one attached hydrogen (secondary N) is 1. The number of methoxy groups -OCH3 is 1. The number of halogens is 5. The number of anilines is 1. The van der Waals surface area contributed by atoms with E-state index in [4.69, 9.17) is 4.74 Å². The molecular formula is C26H22F5N3O3. The second-order valence-electron chi connectivity index (χ2n) is 8.50. The van der Waals surface area contributed by atoms with Gasteiger partial charge in [0.25, 0.3) is 5.91 Å². The average molecular weight is 519 g/mol. The van der Waals surface area contributed by atoms with Crippen molar-refractivity contribution >= 4 is 17.6 Å². The van der Waals surface area contributed by atoms with Crippen molar-refractivity contribution in [3.05, 3.63) is 93.8 Å². The Hall–Kier alpha value is -4.15. The molecule has 0 radical (unpaired) electrons.